The molecule has 1 aliphatic heterocycles. The number of nitrogens with one attached hydrogen (secondary N) is 1. The van der Waals surface area contributed by atoms with Crippen molar-refractivity contribution in [2.75, 3.05) is 40.3 Å². The smallest absolute Gasteiger partial charge is 0.285 e. The molecular formula is C20H25FN3O3S+. The van der Waals surface area contributed by atoms with Crippen molar-refractivity contribution in [2.45, 2.75) is 10.9 Å². The molecule has 0 unspecified atom stereocenters. The van der Waals surface area contributed by atoms with E-state index in [1.165, 1.54) is 16.4 Å². The molecule has 0 radical (unpaired) electrons. The van der Waals surface area contributed by atoms with Gasteiger partial charge in [0.05, 0.1) is 31.1 Å². The monoisotopic (exact) mass is 406 g/mol. The highest BCUT2D eigenvalue weighted by Crippen LogP contribution is 2.17. The van der Waals surface area contributed by atoms with Gasteiger partial charge >= 0.3 is 0 Å². The zero-order valence-electron chi connectivity index (χ0n) is 16.0. The van der Waals surface area contributed by atoms with Gasteiger partial charge in [-0.05, 0) is 24.3 Å². The Balaban J connectivity index is 1.77. The van der Waals surface area contributed by atoms with E-state index < -0.39 is 15.8 Å². The van der Waals surface area contributed by atoms with E-state index in [0.29, 0.717) is 26.2 Å². The van der Waals surface area contributed by atoms with Crippen molar-refractivity contribution in [3.8, 4) is 0 Å². The van der Waals surface area contributed by atoms with Gasteiger partial charge in [-0.1, -0.05) is 30.3 Å². The fraction of sp³-hybridized carbons (Fsp3) is 0.350. The van der Waals surface area contributed by atoms with E-state index in [9.17, 15) is 17.6 Å². The molecule has 2 aromatic carbocycles. The number of sulfonamides is 1. The molecule has 0 aliphatic carbocycles. The Bertz CT molecular complexity index is 909. The van der Waals surface area contributed by atoms with Gasteiger partial charge in [0.25, 0.3) is 5.91 Å². The molecule has 1 heterocycles. The van der Waals surface area contributed by atoms with Crippen LogP contribution in [0.2, 0.25) is 0 Å². The average Bonchev–Trinajstić information content (AvgIpc) is 2.69. The summed E-state index contributed by atoms with van der Waals surface area (Å²) in [6.45, 7) is 1.64. The van der Waals surface area contributed by atoms with Gasteiger partial charge in [0, 0.05) is 19.7 Å². The highest BCUT2D eigenvalue weighted by Gasteiger charge is 2.38. The molecule has 1 atom stereocenters. The third kappa shape index (κ3) is 4.24. The van der Waals surface area contributed by atoms with Crippen molar-refractivity contribution in [3.63, 3.8) is 0 Å². The average molecular weight is 407 g/mol. The number of carbonyl (C=O) groups is 1. The zero-order chi connectivity index (χ0) is 20.3. The molecule has 3 rings (SSSR count). The minimum Gasteiger partial charge on any atom is -0.343 e. The molecular weight excluding hydrogens is 381 g/mol. The highest BCUT2D eigenvalue weighted by molar-refractivity contribution is 7.89. The predicted molar refractivity (Wildman–Crippen MR) is 104 cm³/mol. The Morgan fingerprint density at radius 3 is 2.14 bits per heavy atom. The summed E-state index contributed by atoms with van der Waals surface area (Å²) in [6, 6.07) is 14.1. The molecule has 6 nitrogen and oxygen atoms in total. The molecule has 8 heteroatoms. The van der Waals surface area contributed by atoms with Gasteiger partial charge in [-0.3, -0.25) is 4.79 Å². The van der Waals surface area contributed by atoms with Crippen LogP contribution in [0.25, 0.3) is 0 Å². The number of quaternary nitrogens is 1. The van der Waals surface area contributed by atoms with E-state index in [1.807, 2.05) is 30.3 Å². The SMILES string of the molecule is CN(C)C(=O)[C@@H](c1ccccc1)[NH+]1CCN(S(=O)(=O)c2ccc(F)cc2)CC1. The van der Waals surface area contributed by atoms with Crippen LogP contribution in [0, 0.1) is 5.82 Å². The Kier molecular flexibility index (Phi) is 6.12. The van der Waals surface area contributed by atoms with Gasteiger partial charge in [-0.2, -0.15) is 4.31 Å². The molecule has 1 saturated heterocycles. The predicted octanol–water partition coefficient (Wildman–Crippen LogP) is 0.544. The summed E-state index contributed by atoms with van der Waals surface area (Å²) in [5, 5.41) is 0. The highest BCUT2D eigenvalue weighted by atomic mass is 32.2. The first kappa shape index (κ1) is 20.4. The fourth-order valence-corrected chi connectivity index (χ4v) is 4.96. The molecule has 150 valence electrons. The molecule has 2 aromatic rings. The van der Waals surface area contributed by atoms with Gasteiger partial charge < -0.3 is 9.80 Å². The van der Waals surface area contributed by atoms with Crippen molar-refractivity contribution in [1.29, 1.82) is 0 Å². The first-order chi connectivity index (χ1) is 13.3. The van der Waals surface area contributed by atoms with Crippen molar-refractivity contribution < 1.29 is 22.5 Å². The molecule has 0 spiro atoms. The maximum absolute atomic E-state index is 13.1. The van der Waals surface area contributed by atoms with Gasteiger partial charge in [0.15, 0.2) is 6.04 Å². The first-order valence-corrected chi connectivity index (χ1v) is 10.6. The number of hydrogen-bond acceptors (Lipinski definition) is 3. The number of likely N-dealkylation sites (N-methyl/N-ethyl adjacent to an activating group) is 1. The van der Waals surface area contributed by atoms with Gasteiger partial charge in [0.1, 0.15) is 5.82 Å². The molecule has 0 saturated carbocycles. The number of halogens is 1. The normalized spacial score (nSPS) is 17.2. The summed E-state index contributed by atoms with van der Waals surface area (Å²) >= 11 is 0. The number of hydrogen-bond donors (Lipinski definition) is 1. The minimum absolute atomic E-state index is 0.00367. The number of nitrogens with zero attached hydrogens (tertiary/aromatic N) is 2. The van der Waals surface area contributed by atoms with E-state index >= 15 is 0 Å². The van der Waals surface area contributed by atoms with E-state index in [0.717, 1.165) is 22.6 Å². The van der Waals surface area contributed by atoms with Gasteiger partial charge in [-0.15, -0.1) is 0 Å². The van der Waals surface area contributed by atoms with Gasteiger partial charge in [0.2, 0.25) is 10.0 Å². The lowest BCUT2D eigenvalue weighted by Crippen LogP contribution is -3.16. The number of rotatable bonds is 5. The third-order valence-electron chi connectivity index (χ3n) is 5.04. The van der Waals surface area contributed by atoms with Crippen molar-refractivity contribution in [1.82, 2.24) is 9.21 Å². The minimum atomic E-state index is -3.67. The van der Waals surface area contributed by atoms with E-state index in [4.69, 9.17) is 0 Å². The van der Waals surface area contributed by atoms with E-state index in [1.54, 1.807) is 19.0 Å². The number of carbonyl (C=O) groups excluding carboxylic acids is 1. The van der Waals surface area contributed by atoms with Crippen LogP contribution in [0.15, 0.2) is 59.5 Å². The molecule has 0 aromatic heterocycles. The van der Waals surface area contributed by atoms with Gasteiger partial charge in [-0.25, -0.2) is 12.8 Å². The maximum Gasteiger partial charge on any atom is 0.285 e. The van der Waals surface area contributed by atoms with E-state index in [-0.39, 0.29) is 16.8 Å². The lowest BCUT2D eigenvalue weighted by molar-refractivity contribution is -0.925. The standard InChI is InChI=1S/C20H24FN3O3S/c1-22(2)20(25)19(16-6-4-3-5-7-16)23-12-14-24(15-13-23)28(26,27)18-10-8-17(21)9-11-18/h3-11,19H,12-15H2,1-2H3/p+1/t19-/m1/s1. The summed E-state index contributed by atoms with van der Waals surface area (Å²) in [4.78, 5) is 15.5. The maximum atomic E-state index is 13.1. The largest absolute Gasteiger partial charge is 0.343 e. The number of benzene rings is 2. The number of amides is 1. The molecule has 0 bridgehead atoms. The second kappa shape index (κ2) is 8.38. The Labute approximate surface area is 165 Å². The topological polar surface area (TPSA) is 62.1 Å². The zero-order valence-corrected chi connectivity index (χ0v) is 16.8. The molecule has 1 aliphatic rings. The molecule has 1 fully saturated rings. The fourth-order valence-electron chi connectivity index (χ4n) is 3.51. The Morgan fingerprint density at radius 1 is 1.04 bits per heavy atom. The lowest BCUT2D eigenvalue weighted by Gasteiger charge is -2.36. The van der Waals surface area contributed by atoms with Crippen molar-refractivity contribution >= 4 is 15.9 Å². The first-order valence-electron chi connectivity index (χ1n) is 9.17. The molecule has 1 amide bonds. The summed E-state index contributed by atoms with van der Waals surface area (Å²) in [6.07, 6.45) is 0. The van der Waals surface area contributed by atoms with Crippen LogP contribution >= 0.6 is 0 Å². The quantitative estimate of drug-likeness (QED) is 0.789. The van der Waals surface area contributed by atoms with Crippen LogP contribution in [-0.2, 0) is 14.8 Å². The summed E-state index contributed by atoms with van der Waals surface area (Å²) in [5.74, 6) is -0.475. The van der Waals surface area contributed by atoms with Crippen molar-refractivity contribution in [3.05, 3.63) is 66.0 Å². The van der Waals surface area contributed by atoms with Crippen LogP contribution in [0.5, 0.6) is 0 Å². The summed E-state index contributed by atoms with van der Waals surface area (Å²) in [5.41, 5.74) is 0.922. The third-order valence-corrected chi connectivity index (χ3v) is 6.96. The van der Waals surface area contributed by atoms with Crippen molar-refractivity contribution in [2.24, 2.45) is 0 Å². The van der Waals surface area contributed by atoms with Crippen LogP contribution in [-0.4, -0.2) is 63.8 Å². The molecule has 1 N–H and O–H groups in total. The summed E-state index contributed by atoms with van der Waals surface area (Å²) < 4.78 is 40.1. The van der Waals surface area contributed by atoms with Crippen LogP contribution in [0.4, 0.5) is 4.39 Å². The summed E-state index contributed by atoms with van der Waals surface area (Å²) in [7, 11) is -0.213. The lowest BCUT2D eigenvalue weighted by atomic mass is 10.0. The second-order valence-electron chi connectivity index (χ2n) is 7.09. The number of piperazine rings is 1. The van der Waals surface area contributed by atoms with Crippen LogP contribution in [0.3, 0.4) is 0 Å². The second-order valence-corrected chi connectivity index (χ2v) is 9.03. The Morgan fingerprint density at radius 2 is 1.61 bits per heavy atom. The molecule has 28 heavy (non-hydrogen) atoms. The van der Waals surface area contributed by atoms with Crippen LogP contribution in [0.1, 0.15) is 11.6 Å². The Hall–Kier alpha value is -2.29. The van der Waals surface area contributed by atoms with E-state index in [2.05, 4.69) is 0 Å². The van der Waals surface area contributed by atoms with Crippen LogP contribution < -0.4 is 4.90 Å².